The molecule has 118 valence electrons. The van der Waals surface area contributed by atoms with Crippen LogP contribution in [0, 0.1) is 0 Å². The second kappa shape index (κ2) is 7.92. The van der Waals surface area contributed by atoms with E-state index in [1.165, 1.54) is 31.2 Å². The molecular weight excluding hydrogens is 262 g/mol. The molecular formula is C18H29NO2. The Morgan fingerprint density at radius 3 is 2.48 bits per heavy atom. The van der Waals surface area contributed by atoms with Crippen LogP contribution in [0.1, 0.15) is 50.5 Å². The van der Waals surface area contributed by atoms with Crippen molar-refractivity contribution in [2.24, 2.45) is 0 Å². The summed E-state index contributed by atoms with van der Waals surface area (Å²) in [5.74, 6) is 0.707. The third kappa shape index (κ3) is 5.42. The maximum Gasteiger partial charge on any atom is 0.0765 e. The average Bonchev–Trinajstić information content (AvgIpc) is 2.53. The van der Waals surface area contributed by atoms with E-state index in [9.17, 15) is 5.11 Å². The fourth-order valence-corrected chi connectivity index (χ4v) is 3.13. The Bertz CT molecular complexity index is 397. The van der Waals surface area contributed by atoms with Crippen molar-refractivity contribution in [1.29, 1.82) is 0 Å². The number of hydrogen-bond acceptors (Lipinski definition) is 3. The number of methoxy groups -OCH3 is 1. The van der Waals surface area contributed by atoms with Gasteiger partial charge in [0, 0.05) is 32.7 Å². The van der Waals surface area contributed by atoms with Gasteiger partial charge in [0.15, 0.2) is 0 Å². The lowest BCUT2D eigenvalue weighted by Gasteiger charge is -2.32. The normalized spacial score (nSPS) is 25.5. The fraction of sp³-hybridized carbons (Fsp3) is 0.667. The van der Waals surface area contributed by atoms with Gasteiger partial charge in [-0.3, -0.25) is 0 Å². The third-order valence-electron chi connectivity index (χ3n) is 4.61. The molecule has 1 fully saturated rings. The van der Waals surface area contributed by atoms with Gasteiger partial charge in [-0.05, 0) is 44.1 Å². The second-order valence-corrected chi connectivity index (χ2v) is 6.58. The van der Waals surface area contributed by atoms with Crippen LogP contribution in [0.5, 0.6) is 0 Å². The molecule has 21 heavy (non-hydrogen) atoms. The van der Waals surface area contributed by atoms with Crippen molar-refractivity contribution in [3.63, 3.8) is 0 Å². The monoisotopic (exact) mass is 291 g/mol. The maximum absolute atomic E-state index is 10.3. The molecule has 0 amide bonds. The molecule has 0 spiro atoms. The molecule has 3 nitrogen and oxygen atoms in total. The molecule has 1 atom stereocenters. The van der Waals surface area contributed by atoms with Gasteiger partial charge in [-0.2, -0.15) is 0 Å². The Morgan fingerprint density at radius 1 is 1.19 bits per heavy atom. The van der Waals surface area contributed by atoms with Gasteiger partial charge in [0.05, 0.1) is 5.60 Å². The minimum atomic E-state index is -0.674. The quantitative estimate of drug-likeness (QED) is 0.811. The SMILES string of the molecule is COCCC(C)(O)CNC1CCC(c2ccccc2)CC1. The smallest absolute Gasteiger partial charge is 0.0765 e. The summed E-state index contributed by atoms with van der Waals surface area (Å²) in [7, 11) is 1.67. The highest BCUT2D eigenvalue weighted by molar-refractivity contribution is 5.20. The number of nitrogens with one attached hydrogen (secondary N) is 1. The zero-order chi connectivity index (χ0) is 15.1. The third-order valence-corrected chi connectivity index (χ3v) is 4.61. The minimum absolute atomic E-state index is 0.541. The molecule has 2 N–H and O–H groups in total. The van der Waals surface area contributed by atoms with E-state index in [0.29, 0.717) is 31.5 Å². The van der Waals surface area contributed by atoms with E-state index in [1.807, 2.05) is 6.92 Å². The van der Waals surface area contributed by atoms with Gasteiger partial charge >= 0.3 is 0 Å². The highest BCUT2D eigenvalue weighted by Gasteiger charge is 2.25. The van der Waals surface area contributed by atoms with Gasteiger partial charge in [0.1, 0.15) is 0 Å². The Hall–Kier alpha value is -0.900. The summed E-state index contributed by atoms with van der Waals surface area (Å²) in [6.45, 7) is 3.14. The zero-order valence-electron chi connectivity index (χ0n) is 13.3. The van der Waals surface area contributed by atoms with Crippen molar-refractivity contribution in [3.8, 4) is 0 Å². The molecule has 0 bridgehead atoms. The van der Waals surface area contributed by atoms with Gasteiger partial charge < -0.3 is 15.2 Å². The molecule has 1 unspecified atom stereocenters. The van der Waals surface area contributed by atoms with Crippen molar-refractivity contribution in [2.75, 3.05) is 20.3 Å². The van der Waals surface area contributed by atoms with Crippen LogP contribution in [0.25, 0.3) is 0 Å². The van der Waals surface area contributed by atoms with Crippen molar-refractivity contribution >= 4 is 0 Å². The van der Waals surface area contributed by atoms with Crippen molar-refractivity contribution in [1.82, 2.24) is 5.32 Å². The van der Waals surface area contributed by atoms with E-state index in [-0.39, 0.29) is 0 Å². The molecule has 0 aromatic heterocycles. The molecule has 2 rings (SSSR count). The topological polar surface area (TPSA) is 41.5 Å². The molecule has 0 radical (unpaired) electrons. The lowest BCUT2D eigenvalue weighted by molar-refractivity contribution is 0.0216. The number of benzene rings is 1. The minimum Gasteiger partial charge on any atom is -0.389 e. The number of hydrogen-bond donors (Lipinski definition) is 2. The first-order valence-corrected chi connectivity index (χ1v) is 8.10. The summed E-state index contributed by atoms with van der Waals surface area (Å²) < 4.78 is 5.04. The molecule has 1 aromatic carbocycles. The van der Waals surface area contributed by atoms with Crippen LogP contribution < -0.4 is 5.32 Å². The van der Waals surface area contributed by atoms with Crippen LogP contribution in [0.4, 0.5) is 0 Å². The number of ether oxygens (including phenoxy) is 1. The summed E-state index contributed by atoms with van der Waals surface area (Å²) in [4.78, 5) is 0. The molecule has 1 aliphatic carbocycles. The molecule has 1 saturated carbocycles. The Labute approximate surface area is 128 Å². The summed E-state index contributed by atoms with van der Waals surface area (Å²) in [6, 6.07) is 11.4. The molecule has 1 aromatic rings. The highest BCUT2D eigenvalue weighted by atomic mass is 16.5. The molecule has 0 aliphatic heterocycles. The molecule has 1 aliphatic rings. The van der Waals surface area contributed by atoms with E-state index in [0.717, 1.165) is 0 Å². The summed E-state index contributed by atoms with van der Waals surface area (Å²) in [5, 5.41) is 13.8. The van der Waals surface area contributed by atoms with E-state index in [2.05, 4.69) is 35.6 Å². The Balaban J connectivity index is 1.72. The predicted molar refractivity (Wildman–Crippen MR) is 86.6 cm³/mol. The first kappa shape index (κ1) is 16.5. The van der Waals surface area contributed by atoms with Crippen LogP contribution in [0.15, 0.2) is 30.3 Å². The molecule has 0 heterocycles. The van der Waals surface area contributed by atoms with E-state index >= 15 is 0 Å². The first-order chi connectivity index (χ1) is 10.1. The van der Waals surface area contributed by atoms with Crippen LogP contribution in [0.3, 0.4) is 0 Å². The Kier molecular flexibility index (Phi) is 6.22. The maximum atomic E-state index is 10.3. The first-order valence-electron chi connectivity index (χ1n) is 8.10. The van der Waals surface area contributed by atoms with Crippen LogP contribution in [-0.4, -0.2) is 37.0 Å². The van der Waals surface area contributed by atoms with Gasteiger partial charge in [-0.25, -0.2) is 0 Å². The lowest BCUT2D eigenvalue weighted by Crippen LogP contribution is -2.44. The predicted octanol–water partition coefficient (Wildman–Crippen LogP) is 3.09. The van der Waals surface area contributed by atoms with E-state index in [1.54, 1.807) is 7.11 Å². The van der Waals surface area contributed by atoms with Gasteiger partial charge in [0.2, 0.25) is 0 Å². The standard InChI is InChI=1S/C18H29NO2/c1-18(20,12-13-21-2)14-19-17-10-8-16(9-11-17)15-6-4-3-5-7-15/h3-7,16-17,19-20H,8-14H2,1-2H3. The largest absolute Gasteiger partial charge is 0.389 e. The van der Waals surface area contributed by atoms with E-state index in [4.69, 9.17) is 4.74 Å². The van der Waals surface area contributed by atoms with E-state index < -0.39 is 5.60 Å². The average molecular weight is 291 g/mol. The van der Waals surface area contributed by atoms with Crippen LogP contribution in [0.2, 0.25) is 0 Å². The molecule has 0 saturated heterocycles. The Morgan fingerprint density at radius 2 is 1.86 bits per heavy atom. The van der Waals surface area contributed by atoms with Crippen LogP contribution >= 0.6 is 0 Å². The van der Waals surface area contributed by atoms with Gasteiger partial charge in [-0.1, -0.05) is 30.3 Å². The fourth-order valence-electron chi connectivity index (χ4n) is 3.13. The summed E-state index contributed by atoms with van der Waals surface area (Å²) in [5.41, 5.74) is 0.801. The van der Waals surface area contributed by atoms with Gasteiger partial charge in [0.25, 0.3) is 0 Å². The second-order valence-electron chi connectivity index (χ2n) is 6.58. The zero-order valence-corrected chi connectivity index (χ0v) is 13.3. The molecule has 3 heteroatoms. The van der Waals surface area contributed by atoms with Crippen molar-refractivity contribution in [3.05, 3.63) is 35.9 Å². The highest BCUT2D eigenvalue weighted by Crippen LogP contribution is 2.32. The van der Waals surface area contributed by atoms with Crippen LogP contribution in [-0.2, 0) is 4.74 Å². The van der Waals surface area contributed by atoms with Crippen molar-refractivity contribution < 1.29 is 9.84 Å². The number of aliphatic hydroxyl groups is 1. The van der Waals surface area contributed by atoms with Crippen molar-refractivity contribution in [2.45, 2.75) is 56.6 Å². The summed E-state index contributed by atoms with van der Waals surface area (Å²) in [6.07, 6.45) is 5.54. The lowest BCUT2D eigenvalue weighted by atomic mass is 9.81. The summed E-state index contributed by atoms with van der Waals surface area (Å²) >= 11 is 0. The van der Waals surface area contributed by atoms with Gasteiger partial charge in [-0.15, -0.1) is 0 Å². The number of rotatable bonds is 7.